The highest BCUT2D eigenvalue weighted by molar-refractivity contribution is 7.99. The molecule has 1 amide bonds. The van der Waals surface area contributed by atoms with E-state index in [0.29, 0.717) is 11.8 Å². The van der Waals surface area contributed by atoms with E-state index in [1.54, 1.807) is 12.1 Å². The molecule has 0 spiro atoms. The summed E-state index contributed by atoms with van der Waals surface area (Å²) < 4.78 is 24.9. The highest BCUT2D eigenvalue weighted by Gasteiger charge is 2.19. The van der Waals surface area contributed by atoms with E-state index in [0.717, 1.165) is 0 Å². The topological polar surface area (TPSA) is 40.5 Å². The van der Waals surface area contributed by atoms with E-state index < -0.39 is 11.7 Å². The third-order valence-electron chi connectivity index (χ3n) is 2.34. The molecule has 0 saturated carbocycles. The fourth-order valence-corrected chi connectivity index (χ4v) is 2.20. The molecular weight excluding hydrogens is 272 g/mol. The second-order valence-corrected chi connectivity index (χ2v) is 4.67. The molecule has 0 radical (unpaired) electrons. The normalized spacial score (nSPS) is 10.5. The summed E-state index contributed by atoms with van der Waals surface area (Å²) in [5.41, 5.74) is 0.211. The standard InChI is InChI=1S/C13H15F2NO2S/c1-2-7-16(8-9-17)12(18)10-5-3-4-6-11(10)19-13(14)15/h2-6,13,17H,1,7-9H2. The maximum absolute atomic E-state index is 12.4. The van der Waals surface area contributed by atoms with Gasteiger partial charge in [-0.25, -0.2) is 0 Å². The van der Waals surface area contributed by atoms with Crippen molar-refractivity contribution in [3.63, 3.8) is 0 Å². The first kappa shape index (κ1) is 15.7. The van der Waals surface area contributed by atoms with Gasteiger partial charge in [0, 0.05) is 18.0 Å². The van der Waals surface area contributed by atoms with Gasteiger partial charge >= 0.3 is 0 Å². The molecule has 104 valence electrons. The molecule has 0 saturated heterocycles. The summed E-state index contributed by atoms with van der Waals surface area (Å²) in [6, 6.07) is 6.20. The summed E-state index contributed by atoms with van der Waals surface area (Å²) >= 11 is 0.338. The number of aliphatic hydroxyl groups is 1. The minimum absolute atomic E-state index is 0.137. The molecule has 0 aliphatic heterocycles. The average Bonchev–Trinajstić information content (AvgIpc) is 2.38. The molecule has 1 rings (SSSR count). The van der Waals surface area contributed by atoms with Gasteiger partial charge in [0.05, 0.1) is 12.2 Å². The van der Waals surface area contributed by atoms with E-state index in [-0.39, 0.29) is 30.2 Å². The molecule has 1 N–H and O–H groups in total. The average molecular weight is 287 g/mol. The monoisotopic (exact) mass is 287 g/mol. The van der Waals surface area contributed by atoms with Gasteiger partial charge in [-0.3, -0.25) is 4.79 Å². The van der Waals surface area contributed by atoms with Crippen LogP contribution in [0, 0.1) is 0 Å². The van der Waals surface area contributed by atoms with Crippen LogP contribution in [0.3, 0.4) is 0 Å². The summed E-state index contributed by atoms with van der Waals surface area (Å²) in [5, 5.41) is 8.92. The largest absolute Gasteiger partial charge is 0.395 e. The van der Waals surface area contributed by atoms with Crippen molar-refractivity contribution in [2.45, 2.75) is 10.7 Å². The number of alkyl halides is 2. The second kappa shape index (κ2) is 7.91. The Morgan fingerprint density at radius 1 is 1.47 bits per heavy atom. The molecule has 0 unspecified atom stereocenters. The molecule has 0 atom stereocenters. The molecule has 6 heteroatoms. The Kier molecular flexibility index (Phi) is 6.52. The van der Waals surface area contributed by atoms with Gasteiger partial charge in [-0.1, -0.05) is 30.0 Å². The molecule has 1 aromatic rings. The number of thioether (sulfide) groups is 1. The lowest BCUT2D eigenvalue weighted by atomic mass is 10.2. The number of carbonyl (C=O) groups excluding carboxylic acids is 1. The first-order valence-corrected chi connectivity index (χ1v) is 6.53. The number of rotatable bonds is 7. The smallest absolute Gasteiger partial charge is 0.288 e. The number of hydrogen-bond donors (Lipinski definition) is 1. The van der Waals surface area contributed by atoms with Crippen molar-refractivity contribution in [1.29, 1.82) is 0 Å². The Morgan fingerprint density at radius 3 is 2.74 bits per heavy atom. The third-order valence-corrected chi connectivity index (χ3v) is 3.13. The zero-order valence-electron chi connectivity index (χ0n) is 10.3. The van der Waals surface area contributed by atoms with Crippen LogP contribution in [-0.4, -0.2) is 41.4 Å². The fourth-order valence-electron chi connectivity index (χ4n) is 1.56. The van der Waals surface area contributed by atoms with Crippen molar-refractivity contribution >= 4 is 17.7 Å². The van der Waals surface area contributed by atoms with Gasteiger partial charge in [-0.15, -0.1) is 6.58 Å². The first-order chi connectivity index (χ1) is 9.10. The van der Waals surface area contributed by atoms with Crippen molar-refractivity contribution < 1.29 is 18.7 Å². The van der Waals surface area contributed by atoms with Crippen LogP contribution in [0.5, 0.6) is 0 Å². The lowest BCUT2D eigenvalue weighted by Gasteiger charge is -2.21. The molecule has 0 bridgehead atoms. The summed E-state index contributed by atoms with van der Waals surface area (Å²) in [4.78, 5) is 13.8. The van der Waals surface area contributed by atoms with Crippen LogP contribution in [0.25, 0.3) is 0 Å². The summed E-state index contributed by atoms with van der Waals surface area (Å²) in [7, 11) is 0. The number of aliphatic hydroxyl groups excluding tert-OH is 1. The number of benzene rings is 1. The number of amides is 1. The van der Waals surface area contributed by atoms with Gasteiger partial charge in [0.15, 0.2) is 0 Å². The van der Waals surface area contributed by atoms with E-state index in [1.807, 2.05) is 0 Å². The fraction of sp³-hybridized carbons (Fsp3) is 0.308. The number of halogens is 2. The van der Waals surface area contributed by atoms with E-state index in [2.05, 4.69) is 6.58 Å². The van der Waals surface area contributed by atoms with Gasteiger partial charge in [-0.2, -0.15) is 8.78 Å². The SMILES string of the molecule is C=CCN(CCO)C(=O)c1ccccc1SC(F)F. The number of nitrogens with zero attached hydrogens (tertiary/aromatic N) is 1. The molecule has 1 aromatic carbocycles. The predicted octanol–water partition coefficient (Wildman–Crippen LogP) is 2.62. The first-order valence-electron chi connectivity index (χ1n) is 5.65. The minimum Gasteiger partial charge on any atom is -0.395 e. The maximum Gasteiger partial charge on any atom is 0.288 e. The predicted molar refractivity (Wildman–Crippen MR) is 71.5 cm³/mol. The Balaban J connectivity index is 2.99. The van der Waals surface area contributed by atoms with E-state index in [9.17, 15) is 13.6 Å². The summed E-state index contributed by atoms with van der Waals surface area (Å²) in [5.74, 6) is -2.97. The van der Waals surface area contributed by atoms with Gasteiger partial charge in [-0.05, 0) is 12.1 Å². The Labute approximate surface area is 114 Å². The van der Waals surface area contributed by atoms with Gasteiger partial charge in [0.25, 0.3) is 11.7 Å². The highest BCUT2D eigenvalue weighted by Crippen LogP contribution is 2.29. The van der Waals surface area contributed by atoms with Crippen LogP contribution in [0.2, 0.25) is 0 Å². The van der Waals surface area contributed by atoms with Gasteiger partial charge < -0.3 is 10.0 Å². The van der Waals surface area contributed by atoms with Crippen LogP contribution in [-0.2, 0) is 0 Å². The zero-order chi connectivity index (χ0) is 14.3. The van der Waals surface area contributed by atoms with E-state index in [1.165, 1.54) is 23.1 Å². The zero-order valence-corrected chi connectivity index (χ0v) is 11.1. The van der Waals surface area contributed by atoms with Gasteiger partial charge in [0.2, 0.25) is 0 Å². The quantitative estimate of drug-likeness (QED) is 0.619. The Hall–Kier alpha value is -1.40. The van der Waals surface area contributed by atoms with Crippen LogP contribution in [0.1, 0.15) is 10.4 Å². The highest BCUT2D eigenvalue weighted by atomic mass is 32.2. The van der Waals surface area contributed by atoms with Crippen molar-refractivity contribution in [3.8, 4) is 0 Å². The number of hydrogen-bond acceptors (Lipinski definition) is 3. The molecule has 19 heavy (non-hydrogen) atoms. The summed E-state index contributed by atoms with van der Waals surface area (Å²) in [6.07, 6.45) is 1.52. The van der Waals surface area contributed by atoms with Gasteiger partial charge in [0.1, 0.15) is 0 Å². The lowest BCUT2D eigenvalue weighted by Crippen LogP contribution is -2.34. The Bertz CT molecular complexity index is 440. The van der Waals surface area contributed by atoms with E-state index >= 15 is 0 Å². The van der Waals surface area contributed by atoms with Crippen molar-refractivity contribution in [2.75, 3.05) is 19.7 Å². The molecular formula is C13H15F2NO2S. The van der Waals surface area contributed by atoms with E-state index in [4.69, 9.17) is 5.11 Å². The maximum atomic E-state index is 12.4. The molecule has 0 fully saturated rings. The molecule has 0 aromatic heterocycles. The number of carbonyl (C=O) groups is 1. The Morgan fingerprint density at radius 2 is 2.16 bits per heavy atom. The van der Waals surface area contributed by atoms with Crippen molar-refractivity contribution in [2.24, 2.45) is 0 Å². The van der Waals surface area contributed by atoms with Crippen LogP contribution in [0.4, 0.5) is 8.78 Å². The molecule has 0 aliphatic rings. The lowest BCUT2D eigenvalue weighted by molar-refractivity contribution is 0.0739. The third kappa shape index (κ3) is 4.65. The van der Waals surface area contributed by atoms with Crippen molar-refractivity contribution in [3.05, 3.63) is 42.5 Å². The van der Waals surface area contributed by atoms with Crippen LogP contribution >= 0.6 is 11.8 Å². The van der Waals surface area contributed by atoms with Crippen LogP contribution < -0.4 is 0 Å². The summed E-state index contributed by atoms with van der Waals surface area (Å²) in [6.45, 7) is 3.73. The van der Waals surface area contributed by atoms with Crippen LogP contribution in [0.15, 0.2) is 41.8 Å². The minimum atomic E-state index is -2.58. The molecule has 3 nitrogen and oxygen atoms in total. The van der Waals surface area contributed by atoms with Crippen molar-refractivity contribution in [1.82, 2.24) is 4.90 Å². The molecule has 0 aliphatic carbocycles. The molecule has 0 heterocycles. The second-order valence-electron chi connectivity index (χ2n) is 3.64.